The van der Waals surface area contributed by atoms with Crippen molar-refractivity contribution in [1.29, 1.82) is 0 Å². The van der Waals surface area contributed by atoms with Crippen molar-refractivity contribution in [3.8, 4) is 0 Å². The van der Waals surface area contributed by atoms with Crippen LogP contribution in [-0.2, 0) is 4.79 Å². The molecule has 2 rings (SSSR count). The van der Waals surface area contributed by atoms with E-state index in [1.807, 2.05) is 0 Å². The van der Waals surface area contributed by atoms with Crippen LogP contribution in [0.4, 0.5) is 14.5 Å². The zero-order chi connectivity index (χ0) is 11.5. The van der Waals surface area contributed by atoms with Crippen LogP contribution in [0.5, 0.6) is 0 Å². The number of halogens is 3. The fraction of sp³-hybridized carbons (Fsp3) is 0.364. The summed E-state index contributed by atoms with van der Waals surface area (Å²) in [4.78, 5) is 11.6. The minimum absolute atomic E-state index is 0. The largest absolute Gasteiger partial charge is 0.323 e. The Hall–Kier alpha value is -1.20. The van der Waals surface area contributed by atoms with Gasteiger partial charge in [-0.05, 0) is 25.1 Å². The number of carbonyl (C=O) groups excluding carboxylic acids is 1. The summed E-state index contributed by atoms with van der Waals surface area (Å²) in [6, 6.07) is 3.72. The molecule has 0 bridgehead atoms. The van der Waals surface area contributed by atoms with Gasteiger partial charge in [-0.15, -0.1) is 12.4 Å². The highest BCUT2D eigenvalue weighted by Gasteiger charge is 2.23. The van der Waals surface area contributed by atoms with Gasteiger partial charge < -0.3 is 10.6 Å². The van der Waals surface area contributed by atoms with Gasteiger partial charge in [-0.3, -0.25) is 4.79 Å². The van der Waals surface area contributed by atoms with Crippen LogP contribution in [0.15, 0.2) is 18.2 Å². The van der Waals surface area contributed by atoms with E-state index in [-0.39, 0.29) is 29.9 Å². The predicted molar refractivity (Wildman–Crippen MR) is 63.2 cm³/mol. The Morgan fingerprint density at radius 2 is 2.18 bits per heavy atom. The smallest absolute Gasteiger partial charge is 0.228 e. The number of nitrogens with one attached hydrogen (secondary N) is 2. The van der Waals surface area contributed by atoms with E-state index in [0.29, 0.717) is 6.54 Å². The third-order valence-corrected chi connectivity index (χ3v) is 2.64. The van der Waals surface area contributed by atoms with Gasteiger partial charge in [0.1, 0.15) is 0 Å². The summed E-state index contributed by atoms with van der Waals surface area (Å²) >= 11 is 0. The molecule has 3 nitrogen and oxygen atoms in total. The Morgan fingerprint density at radius 3 is 2.82 bits per heavy atom. The van der Waals surface area contributed by atoms with E-state index in [4.69, 9.17) is 0 Å². The van der Waals surface area contributed by atoms with E-state index < -0.39 is 11.6 Å². The van der Waals surface area contributed by atoms with E-state index in [9.17, 15) is 13.6 Å². The molecule has 1 aromatic rings. The Kier molecular flexibility index (Phi) is 4.84. The molecule has 0 radical (unpaired) electrons. The first-order chi connectivity index (χ1) is 7.68. The van der Waals surface area contributed by atoms with E-state index in [0.717, 1.165) is 19.0 Å². The first-order valence-electron chi connectivity index (χ1n) is 5.14. The normalized spacial score (nSPS) is 18.6. The van der Waals surface area contributed by atoms with Crippen LogP contribution in [0.25, 0.3) is 0 Å². The van der Waals surface area contributed by atoms with Crippen LogP contribution >= 0.6 is 12.4 Å². The lowest BCUT2D eigenvalue weighted by Gasteiger charge is -2.10. The maximum absolute atomic E-state index is 13.2. The molecule has 1 unspecified atom stereocenters. The quantitative estimate of drug-likeness (QED) is 0.855. The summed E-state index contributed by atoms with van der Waals surface area (Å²) in [5.74, 6) is -2.40. The number of amides is 1. The van der Waals surface area contributed by atoms with Gasteiger partial charge in [0, 0.05) is 6.54 Å². The highest BCUT2D eigenvalue weighted by Crippen LogP contribution is 2.18. The van der Waals surface area contributed by atoms with Gasteiger partial charge in [0.25, 0.3) is 0 Å². The van der Waals surface area contributed by atoms with E-state index in [1.165, 1.54) is 12.1 Å². The van der Waals surface area contributed by atoms with Crippen LogP contribution < -0.4 is 10.6 Å². The van der Waals surface area contributed by atoms with Crippen molar-refractivity contribution < 1.29 is 13.6 Å². The van der Waals surface area contributed by atoms with Gasteiger partial charge >= 0.3 is 0 Å². The number of anilines is 1. The molecule has 1 fully saturated rings. The zero-order valence-corrected chi connectivity index (χ0v) is 9.82. The molecular weight excluding hydrogens is 250 g/mol. The molecule has 6 heteroatoms. The number of rotatable bonds is 2. The van der Waals surface area contributed by atoms with E-state index in [2.05, 4.69) is 10.6 Å². The summed E-state index contributed by atoms with van der Waals surface area (Å²) in [5.41, 5.74) is -0.100. The Morgan fingerprint density at radius 1 is 1.41 bits per heavy atom. The molecule has 0 spiro atoms. The number of benzene rings is 1. The number of hydrogen-bond acceptors (Lipinski definition) is 2. The van der Waals surface area contributed by atoms with Gasteiger partial charge in [-0.2, -0.15) is 0 Å². The molecule has 0 saturated carbocycles. The predicted octanol–water partition coefficient (Wildman–Crippen LogP) is 1.93. The number of carbonyl (C=O) groups is 1. The van der Waals surface area contributed by atoms with Crippen molar-refractivity contribution in [3.05, 3.63) is 29.8 Å². The van der Waals surface area contributed by atoms with Crippen LogP contribution in [0, 0.1) is 17.6 Å². The summed E-state index contributed by atoms with van der Waals surface area (Å²) < 4.78 is 26.1. The second-order valence-corrected chi connectivity index (χ2v) is 3.78. The monoisotopic (exact) mass is 262 g/mol. The molecule has 0 aliphatic carbocycles. The van der Waals surface area contributed by atoms with Gasteiger partial charge in [-0.1, -0.05) is 6.07 Å². The van der Waals surface area contributed by atoms with Crippen molar-refractivity contribution in [2.45, 2.75) is 6.42 Å². The Labute approximate surface area is 104 Å². The van der Waals surface area contributed by atoms with Crippen molar-refractivity contribution in [2.24, 2.45) is 5.92 Å². The SMILES string of the molecule is Cl.O=C(Nc1cccc(F)c1F)C1CCNC1. The molecule has 1 saturated heterocycles. The molecule has 1 aliphatic heterocycles. The Bertz CT molecular complexity index is 408. The summed E-state index contributed by atoms with van der Waals surface area (Å²) in [6.07, 6.45) is 0.725. The molecular formula is C11H13ClF2N2O. The first-order valence-corrected chi connectivity index (χ1v) is 5.14. The summed E-state index contributed by atoms with van der Waals surface area (Å²) in [7, 11) is 0. The molecule has 17 heavy (non-hydrogen) atoms. The number of hydrogen-bond donors (Lipinski definition) is 2. The molecule has 94 valence electrons. The molecule has 1 aromatic carbocycles. The van der Waals surface area contributed by atoms with Crippen LogP contribution in [0.1, 0.15) is 6.42 Å². The van der Waals surface area contributed by atoms with Crippen LogP contribution in [-0.4, -0.2) is 19.0 Å². The summed E-state index contributed by atoms with van der Waals surface area (Å²) in [6.45, 7) is 1.37. The maximum Gasteiger partial charge on any atom is 0.228 e. The van der Waals surface area contributed by atoms with Crippen LogP contribution in [0.2, 0.25) is 0 Å². The molecule has 1 heterocycles. The average Bonchev–Trinajstić information content (AvgIpc) is 2.78. The molecule has 1 aliphatic rings. The van der Waals surface area contributed by atoms with Crippen molar-refractivity contribution in [2.75, 3.05) is 18.4 Å². The van der Waals surface area contributed by atoms with E-state index in [1.54, 1.807) is 0 Å². The fourth-order valence-corrected chi connectivity index (χ4v) is 1.71. The van der Waals surface area contributed by atoms with Gasteiger partial charge in [-0.25, -0.2) is 8.78 Å². The second kappa shape index (κ2) is 5.93. The van der Waals surface area contributed by atoms with Crippen molar-refractivity contribution in [3.63, 3.8) is 0 Å². The molecule has 2 N–H and O–H groups in total. The third-order valence-electron chi connectivity index (χ3n) is 2.64. The average molecular weight is 263 g/mol. The highest BCUT2D eigenvalue weighted by atomic mass is 35.5. The minimum atomic E-state index is -1.01. The summed E-state index contributed by atoms with van der Waals surface area (Å²) in [5, 5.41) is 5.44. The van der Waals surface area contributed by atoms with Crippen molar-refractivity contribution >= 4 is 24.0 Å². The van der Waals surface area contributed by atoms with Gasteiger partial charge in [0.2, 0.25) is 5.91 Å². The van der Waals surface area contributed by atoms with Gasteiger partial charge in [0.15, 0.2) is 11.6 Å². The standard InChI is InChI=1S/C11H12F2N2O.ClH/c12-8-2-1-3-9(10(8)13)15-11(16)7-4-5-14-6-7;/h1-3,7,14H,4-6H2,(H,15,16);1H. The second-order valence-electron chi connectivity index (χ2n) is 3.78. The molecule has 0 aromatic heterocycles. The lowest BCUT2D eigenvalue weighted by atomic mass is 10.1. The molecule has 1 amide bonds. The topological polar surface area (TPSA) is 41.1 Å². The minimum Gasteiger partial charge on any atom is -0.323 e. The zero-order valence-electron chi connectivity index (χ0n) is 9.00. The van der Waals surface area contributed by atoms with Gasteiger partial charge in [0.05, 0.1) is 11.6 Å². The lowest BCUT2D eigenvalue weighted by molar-refractivity contribution is -0.119. The first kappa shape index (κ1) is 13.9. The lowest BCUT2D eigenvalue weighted by Crippen LogP contribution is -2.25. The van der Waals surface area contributed by atoms with E-state index >= 15 is 0 Å². The maximum atomic E-state index is 13.2. The third kappa shape index (κ3) is 3.14. The molecule has 1 atom stereocenters. The fourth-order valence-electron chi connectivity index (χ4n) is 1.71. The Balaban J connectivity index is 0.00000144. The highest BCUT2D eigenvalue weighted by molar-refractivity contribution is 5.93. The van der Waals surface area contributed by atoms with Crippen LogP contribution in [0.3, 0.4) is 0 Å². The van der Waals surface area contributed by atoms with Crippen molar-refractivity contribution in [1.82, 2.24) is 5.32 Å².